The van der Waals surface area contributed by atoms with Crippen molar-refractivity contribution in [2.45, 2.75) is 96.8 Å². The van der Waals surface area contributed by atoms with E-state index in [9.17, 15) is 14.4 Å². The maximum atomic E-state index is 12.0. The number of aromatic carboxylic acids is 1. The number of rotatable bonds is 20. The molecule has 0 aliphatic rings. The third-order valence-corrected chi connectivity index (χ3v) is 5.70. The van der Waals surface area contributed by atoms with Crippen LogP contribution in [0.3, 0.4) is 0 Å². The fourth-order valence-corrected chi connectivity index (χ4v) is 3.70. The largest absolute Gasteiger partial charge is 0.478 e. The Morgan fingerprint density at radius 2 is 1.38 bits per heavy atom. The lowest BCUT2D eigenvalue weighted by atomic mass is 10.1. The molecule has 0 unspecified atom stereocenters. The van der Waals surface area contributed by atoms with Crippen molar-refractivity contribution in [3.63, 3.8) is 0 Å². The molecular formula is C28H43NO5. The Morgan fingerprint density at radius 3 is 2.00 bits per heavy atom. The topological polar surface area (TPSA) is 92.7 Å². The first kappa shape index (κ1) is 29.4. The fourth-order valence-electron chi connectivity index (χ4n) is 3.70. The van der Waals surface area contributed by atoms with Crippen LogP contribution >= 0.6 is 0 Å². The van der Waals surface area contributed by atoms with Crippen LogP contribution in [-0.2, 0) is 9.53 Å². The number of benzene rings is 1. The van der Waals surface area contributed by atoms with Gasteiger partial charge in [-0.1, -0.05) is 82.6 Å². The van der Waals surface area contributed by atoms with E-state index >= 15 is 0 Å². The van der Waals surface area contributed by atoms with E-state index in [4.69, 9.17) is 9.84 Å². The van der Waals surface area contributed by atoms with Gasteiger partial charge in [0.05, 0.1) is 17.7 Å². The number of nitrogens with one attached hydrogen (secondary N) is 1. The summed E-state index contributed by atoms with van der Waals surface area (Å²) in [5.74, 6) is -1.94. The van der Waals surface area contributed by atoms with Crippen molar-refractivity contribution in [1.82, 2.24) is 5.32 Å². The maximum absolute atomic E-state index is 12.0. The summed E-state index contributed by atoms with van der Waals surface area (Å²) < 4.78 is 5.08. The molecular weight excluding hydrogens is 430 g/mol. The van der Waals surface area contributed by atoms with Crippen molar-refractivity contribution >= 4 is 17.8 Å². The molecule has 190 valence electrons. The standard InChI is InChI=1S/C28H43NO5/c1-2-3-4-5-6-7-8-9-10-11-12-13-14-15-16-21-26(30)29-22-23-34-28(33)25-20-18-17-19-24(25)27(31)32/h9-10,17-20H,2-8,11-16,21-23H2,1H3,(H,29,30)(H,31,32)/b10-9-. The second-order valence-corrected chi connectivity index (χ2v) is 8.67. The van der Waals surface area contributed by atoms with Gasteiger partial charge in [0, 0.05) is 6.42 Å². The molecule has 6 nitrogen and oxygen atoms in total. The normalized spacial score (nSPS) is 11.0. The predicted molar refractivity (Wildman–Crippen MR) is 136 cm³/mol. The fraction of sp³-hybridized carbons (Fsp3) is 0.607. The molecule has 1 amide bonds. The Labute approximate surface area is 205 Å². The number of hydrogen-bond donors (Lipinski definition) is 2. The number of carboxylic acid groups (broad SMARTS) is 1. The number of esters is 1. The van der Waals surface area contributed by atoms with Gasteiger partial charge in [-0.15, -0.1) is 0 Å². The number of unbranched alkanes of at least 4 members (excludes halogenated alkanes) is 11. The van der Waals surface area contributed by atoms with Crippen LogP contribution in [0, 0.1) is 0 Å². The summed E-state index contributed by atoms with van der Waals surface area (Å²) in [5, 5.41) is 11.9. The van der Waals surface area contributed by atoms with Gasteiger partial charge in [0.2, 0.25) is 5.91 Å². The Hall–Kier alpha value is -2.63. The zero-order chi connectivity index (χ0) is 24.9. The number of carboxylic acids is 1. The van der Waals surface area contributed by atoms with Crippen molar-refractivity contribution in [3.05, 3.63) is 47.5 Å². The summed E-state index contributed by atoms with van der Waals surface area (Å²) >= 11 is 0. The van der Waals surface area contributed by atoms with E-state index in [2.05, 4.69) is 24.4 Å². The summed E-state index contributed by atoms with van der Waals surface area (Å²) in [6.07, 6.45) is 21.0. The molecule has 0 radical (unpaired) electrons. The van der Waals surface area contributed by atoms with Gasteiger partial charge in [-0.25, -0.2) is 9.59 Å². The monoisotopic (exact) mass is 473 g/mol. The van der Waals surface area contributed by atoms with Crippen LogP contribution in [-0.4, -0.2) is 36.1 Å². The number of carbonyl (C=O) groups is 3. The van der Waals surface area contributed by atoms with E-state index in [1.165, 1.54) is 69.9 Å². The van der Waals surface area contributed by atoms with Crippen molar-refractivity contribution < 1.29 is 24.2 Å². The summed E-state index contributed by atoms with van der Waals surface area (Å²) in [4.78, 5) is 35.1. The molecule has 1 aromatic rings. The highest BCUT2D eigenvalue weighted by atomic mass is 16.5. The van der Waals surface area contributed by atoms with Gasteiger partial charge in [0.1, 0.15) is 6.61 Å². The van der Waals surface area contributed by atoms with E-state index < -0.39 is 11.9 Å². The van der Waals surface area contributed by atoms with Crippen molar-refractivity contribution in [1.29, 1.82) is 0 Å². The third kappa shape index (κ3) is 14.5. The summed E-state index contributed by atoms with van der Waals surface area (Å²) in [5.41, 5.74) is -0.0876. The van der Waals surface area contributed by atoms with Gasteiger partial charge >= 0.3 is 11.9 Å². The van der Waals surface area contributed by atoms with Crippen molar-refractivity contribution in [2.75, 3.05) is 13.2 Å². The van der Waals surface area contributed by atoms with E-state index in [-0.39, 0.29) is 30.2 Å². The second kappa shape index (κ2) is 19.8. The molecule has 6 heteroatoms. The SMILES string of the molecule is CCCCCCCC/C=C\CCCCCCCC(=O)NCCOC(=O)c1ccccc1C(=O)O. The molecule has 0 fully saturated rings. The Bertz CT molecular complexity index is 744. The quantitative estimate of drug-likeness (QED) is 0.125. The summed E-state index contributed by atoms with van der Waals surface area (Å²) in [6.45, 7) is 2.47. The van der Waals surface area contributed by atoms with Crippen LogP contribution in [0.2, 0.25) is 0 Å². The molecule has 0 saturated heterocycles. The molecule has 0 bridgehead atoms. The molecule has 0 aliphatic heterocycles. The van der Waals surface area contributed by atoms with Gasteiger partial charge in [0.25, 0.3) is 0 Å². The zero-order valence-corrected chi connectivity index (χ0v) is 20.9. The number of ether oxygens (including phenoxy) is 1. The maximum Gasteiger partial charge on any atom is 0.339 e. The average Bonchev–Trinajstić information content (AvgIpc) is 2.84. The third-order valence-electron chi connectivity index (χ3n) is 5.70. The molecule has 1 aromatic carbocycles. The minimum atomic E-state index is -1.18. The van der Waals surface area contributed by atoms with E-state index in [0.29, 0.717) is 6.42 Å². The minimum absolute atomic E-state index is 0.00486. The highest BCUT2D eigenvalue weighted by Crippen LogP contribution is 2.11. The van der Waals surface area contributed by atoms with Crippen LogP contribution in [0.15, 0.2) is 36.4 Å². The lowest BCUT2D eigenvalue weighted by molar-refractivity contribution is -0.121. The molecule has 34 heavy (non-hydrogen) atoms. The molecule has 2 N–H and O–H groups in total. The molecule has 0 saturated carbocycles. The molecule has 0 atom stereocenters. The molecule has 0 spiro atoms. The number of allylic oxidation sites excluding steroid dienone is 2. The van der Waals surface area contributed by atoms with E-state index in [1.807, 2.05) is 0 Å². The summed E-state index contributed by atoms with van der Waals surface area (Å²) in [7, 11) is 0. The van der Waals surface area contributed by atoms with Crippen LogP contribution in [0.25, 0.3) is 0 Å². The number of carbonyl (C=O) groups excluding carboxylic acids is 2. The first-order valence-corrected chi connectivity index (χ1v) is 13.0. The highest BCUT2D eigenvalue weighted by Gasteiger charge is 2.16. The van der Waals surface area contributed by atoms with Crippen LogP contribution in [0.1, 0.15) is 118 Å². The van der Waals surface area contributed by atoms with Gasteiger partial charge in [-0.3, -0.25) is 4.79 Å². The minimum Gasteiger partial charge on any atom is -0.478 e. The van der Waals surface area contributed by atoms with Crippen molar-refractivity contribution in [3.8, 4) is 0 Å². The lowest BCUT2D eigenvalue weighted by Crippen LogP contribution is -2.28. The molecule has 0 heterocycles. The van der Waals surface area contributed by atoms with E-state index in [1.54, 1.807) is 12.1 Å². The number of hydrogen-bond acceptors (Lipinski definition) is 4. The predicted octanol–water partition coefficient (Wildman–Crippen LogP) is 6.70. The van der Waals surface area contributed by atoms with Gasteiger partial charge in [-0.05, 0) is 44.2 Å². The number of amides is 1. The van der Waals surface area contributed by atoms with Gasteiger partial charge < -0.3 is 15.2 Å². The highest BCUT2D eigenvalue weighted by molar-refractivity contribution is 6.02. The molecule has 0 aromatic heterocycles. The Kier molecular flexibility index (Phi) is 17.1. The second-order valence-electron chi connectivity index (χ2n) is 8.67. The first-order valence-electron chi connectivity index (χ1n) is 13.0. The Balaban J connectivity index is 1.95. The van der Waals surface area contributed by atoms with Crippen LogP contribution in [0.4, 0.5) is 0 Å². The van der Waals surface area contributed by atoms with Crippen LogP contribution in [0.5, 0.6) is 0 Å². The zero-order valence-electron chi connectivity index (χ0n) is 20.9. The van der Waals surface area contributed by atoms with Gasteiger partial charge in [-0.2, -0.15) is 0 Å². The summed E-state index contributed by atoms with van der Waals surface area (Å²) in [6, 6.07) is 5.90. The smallest absolute Gasteiger partial charge is 0.339 e. The Morgan fingerprint density at radius 1 is 0.824 bits per heavy atom. The van der Waals surface area contributed by atoms with E-state index in [0.717, 1.165) is 25.7 Å². The molecule has 0 aliphatic carbocycles. The van der Waals surface area contributed by atoms with Gasteiger partial charge in [0.15, 0.2) is 0 Å². The van der Waals surface area contributed by atoms with Crippen molar-refractivity contribution in [2.24, 2.45) is 0 Å². The molecule has 1 rings (SSSR count). The van der Waals surface area contributed by atoms with Crippen LogP contribution < -0.4 is 5.32 Å². The lowest BCUT2D eigenvalue weighted by Gasteiger charge is -2.08. The first-order chi connectivity index (χ1) is 16.6. The average molecular weight is 474 g/mol.